The molecule has 76 heavy (non-hydrogen) atoms. The van der Waals surface area contributed by atoms with Crippen LogP contribution < -0.4 is 59.1 Å². The molecule has 0 spiro atoms. The Kier molecular flexibility index (Phi) is 19.6. The third kappa shape index (κ3) is 14.7. The molecule has 30 heteroatoms. The molecule has 0 aliphatic heterocycles. The molecule has 8 aromatic carbocycles. The van der Waals surface area contributed by atoms with E-state index in [1.54, 1.807) is 0 Å². The van der Waals surface area contributed by atoms with E-state index in [0.717, 1.165) is 24.3 Å². The van der Waals surface area contributed by atoms with E-state index in [4.69, 9.17) is 10.2 Å². The maximum Gasteiger partial charge on any atom is 1.00 e. The number of anilines is 2. The van der Waals surface area contributed by atoms with Crippen molar-refractivity contribution in [3.63, 3.8) is 0 Å². The molecule has 0 unspecified atom stereocenters. The Balaban J connectivity index is 0.000000987. The van der Waals surface area contributed by atoms with Gasteiger partial charge in [-0.05, 0) is 136 Å². The van der Waals surface area contributed by atoms with Crippen molar-refractivity contribution in [2.45, 2.75) is 19.6 Å². The summed E-state index contributed by atoms with van der Waals surface area (Å²) in [6, 6.07) is 25.3. The monoisotopic (exact) mass is 1120 g/mol. The first-order chi connectivity index (χ1) is 34.7. The fourth-order valence-corrected chi connectivity index (χ4v) is 9.62. The van der Waals surface area contributed by atoms with Crippen LogP contribution in [0.4, 0.5) is 38.9 Å². The van der Waals surface area contributed by atoms with E-state index < -0.39 is 79.2 Å². The van der Waals surface area contributed by atoms with Gasteiger partial charge in [0.15, 0.2) is 11.5 Å². The van der Waals surface area contributed by atoms with E-state index in [1.807, 2.05) is 11.9 Å². The topological polar surface area (TPSA) is 392 Å². The average Bonchev–Trinajstić information content (AvgIpc) is 3.32. The number of aliphatic hydroxyl groups excluding tert-OH is 2. The van der Waals surface area contributed by atoms with Gasteiger partial charge in [-0.2, -0.15) is 43.9 Å². The average molecular weight is 1120 g/mol. The van der Waals surface area contributed by atoms with Gasteiger partial charge in [-0.15, -0.1) is 10.2 Å². The predicted molar refractivity (Wildman–Crippen MR) is 271 cm³/mol. The van der Waals surface area contributed by atoms with Gasteiger partial charge in [0, 0.05) is 35.2 Å². The summed E-state index contributed by atoms with van der Waals surface area (Å²) in [5.41, 5.74) is -0.812. The number of nitrogens with zero attached hydrogens (tertiary/aromatic N) is 5. The van der Waals surface area contributed by atoms with Crippen LogP contribution in [-0.4, -0.2) is 117 Å². The third-order valence-electron chi connectivity index (χ3n) is 10.9. The van der Waals surface area contributed by atoms with Gasteiger partial charge < -0.3 is 36.0 Å². The van der Waals surface area contributed by atoms with Crippen LogP contribution in [-0.2, 0) is 40.5 Å². The first-order valence-electron chi connectivity index (χ1n) is 21.1. The molecule has 0 fully saturated rings. The van der Waals surface area contributed by atoms with Crippen molar-refractivity contribution in [2.24, 2.45) is 20.5 Å². The summed E-state index contributed by atoms with van der Waals surface area (Å²) < 4.78 is 135. The molecular formula is C46H41LiN7NaO17S4+2. The number of azo groups is 2. The Labute approximate surface area is 467 Å². The minimum atomic E-state index is -5.04. The van der Waals surface area contributed by atoms with Crippen LogP contribution in [0.2, 0.25) is 0 Å². The summed E-state index contributed by atoms with van der Waals surface area (Å²) in [6.45, 7) is 1.61. The second-order valence-electron chi connectivity index (χ2n) is 16.0. The molecule has 10 N–H and O–H groups in total. The molecule has 0 aliphatic carbocycles. The number of likely N-dealkylation sites (N-methyl/N-ethyl adjacent to an activating group) is 1. The number of hydrogen-bond acceptors (Lipinski definition) is 18. The molecule has 0 heterocycles. The van der Waals surface area contributed by atoms with Gasteiger partial charge in [-0.1, -0.05) is 24.3 Å². The number of fused-ring (bicyclic) bond motifs is 4. The summed E-state index contributed by atoms with van der Waals surface area (Å²) >= 11 is 0. The van der Waals surface area contributed by atoms with Crippen LogP contribution in [0.15, 0.2) is 161 Å². The zero-order valence-corrected chi connectivity index (χ0v) is 45.3. The molecule has 0 saturated carbocycles. The van der Waals surface area contributed by atoms with Gasteiger partial charge in [-0.25, -0.2) is 4.79 Å². The van der Waals surface area contributed by atoms with Crippen molar-refractivity contribution < 1.29 is 126 Å². The summed E-state index contributed by atoms with van der Waals surface area (Å²) in [6.07, 6.45) is 0. The quantitative estimate of drug-likeness (QED) is 0.0423. The van der Waals surface area contributed by atoms with E-state index in [1.165, 1.54) is 97.1 Å². The Morgan fingerprint density at radius 3 is 1.17 bits per heavy atom. The van der Waals surface area contributed by atoms with Gasteiger partial charge in [0.1, 0.15) is 21.2 Å². The number of nitrogens with one attached hydrogen (secondary N) is 2. The largest absolute Gasteiger partial charge is 1.00 e. The van der Waals surface area contributed by atoms with Gasteiger partial charge >= 0.3 is 54.4 Å². The number of phenols is 2. The van der Waals surface area contributed by atoms with E-state index in [9.17, 15) is 66.9 Å². The van der Waals surface area contributed by atoms with Gasteiger partial charge in [0.05, 0.1) is 34.4 Å². The number of phenolic OH excluding ortho intramolecular Hbond substituents is 2. The van der Waals surface area contributed by atoms with Crippen LogP contribution in [0.25, 0.3) is 43.1 Å². The summed E-state index contributed by atoms with van der Waals surface area (Å²) in [5.74, 6) is -1.39. The Morgan fingerprint density at radius 2 is 0.829 bits per heavy atom. The molecule has 0 bridgehead atoms. The van der Waals surface area contributed by atoms with Crippen molar-refractivity contribution >= 4 is 124 Å². The molecule has 386 valence electrons. The van der Waals surface area contributed by atoms with E-state index in [-0.39, 0.29) is 116 Å². The smallest absolute Gasteiger partial charge is 0.505 e. The van der Waals surface area contributed by atoms with Crippen molar-refractivity contribution in [3.05, 3.63) is 121 Å². The number of aliphatic hydroxyl groups is 2. The predicted octanol–water partition coefficient (Wildman–Crippen LogP) is 2.08. The van der Waals surface area contributed by atoms with Gasteiger partial charge in [-0.3, -0.25) is 18.2 Å². The van der Waals surface area contributed by atoms with Crippen LogP contribution in [0.1, 0.15) is 0 Å². The zero-order chi connectivity index (χ0) is 53.9. The molecule has 0 saturated heterocycles. The molecular weight excluding hydrogens is 1080 g/mol. The number of rotatable bonds is 14. The van der Waals surface area contributed by atoms with Crippen LogP contribution in [0, 0.1) is 0 Å². The Morgan fingerprint density at radius 1 is 0.474 bits per heavy atom. The number of amides is 2. The number of hydrogen-bond donors (Lipinski definition) is 10. The summed E-state index contributed by atoms with van der Waals surface area (Å²) in [7, 11) is -17.2. The minimum Gasteiger partial charge on any atom is -0.505 e. The van der Waals surface area contributed by atoms with E-state index >= 15 is 0 Å². The Bertz CT molecular complexity index is 3840. The van der Waals surface area contributed by atoms with E-state index in [2.05, 4.69) is 31.1 Å². The maximum atomic E-state index is 13.1. The molecule has 0 atom stereocenters. The maximum absolute atomic E-state index is 13.1. The molecule has 24 nitrogen and oxygen atoms in total. The van der Waals surface area contributed by atoms with Crippen molar-refractivity contribution in [1.29, 1.82) is 0 Å². The van der Waals surface area contributed by atoms with Crippen LogP contribution in [0.5, 0.6) is 11.5 Å². The second kappa shape index (κ2) is 24.5. The number of benzene rings is 8. The second-order valence-corrected chi connectivity index (χ2v) is 21.7. The number of aromatic hydroxyl groups is 2. The molecule has 8 aromatic rings. The SMILES string of the molecule is CN(CCO)CCO.O=C(Nc1ccc2c(O)c(N=Nc3ccc4cc(S(=O)(=O)O)ccc4c3)c(S(=O)(=O)O)cc2c1)Nc1ccc2c(O)c(N=Nc3ccc4cc(S(=O)(=O)O)ccc4c3)c(S(=O)(=O)O)cc2c1.[Li+].[Na+]. The molecule has 8 rings (SSSR count). The first-order valence-corrected chi connectivity index (χ1v) is 26.9. The standard InChI is InChI=1S/C41H28N6O15S4.C5H13NO2.Li.Na/c48-39-33-11-7-27(15-25(33)19-35(65(57,58)59)37(39)46-44-29-5-1-23-17-31(63(51,52)53)9-3-21(23)13-29)42-41(50)43-28-8-12-34-26(16-28)20-36(66(60,61)62)38(40(34)49)47-45-30-6-2-24-18-32(64(54,55)56)10-4-22(24)14-30;1-6(2-4-7)3-5-8;;/h1-20,48-49H,(H2,42,43,50)(H,51,52,53)(H,54,55,56)(H,57,58,59)(H,60,61,62);7-8H,2-5H2,1H3;;/q;;2*+1. The van der Waals surface area contributed by atoms with Crippen molar-refractivity contribution in [3.8, 4) is 11.5 Å². The molecule has 0 aliphatic rings. The van der Waals surface area contributed by atoms with Crippen molar-refractivity contribution in [2.75, 3.05) is 44.0 Å². The number of carbonyl (C=O) groups excluding carboxylic acids is 1. The number of urea groups is 1. The summed E-state index contributed by atoms with van der Waals surface area (Å²) in [4.78, 5) is 12.7. The molecule has 0 aromatic heterocycles. The van der Waals surface area contributed by atoms with E-state index in [0.29, 0.717) is 34.6 Å². The fraction of sp³-hybridized carbons (Fsp3) is 0.109. The van der Waals surface area contributed by atoms with Gasteiger partial charge in [0.2, 0.25) is 0 Å². The number of carbonyl (C=O) groups is 1. The van der Waals surface area contributed by atoms with Crippen LogP contribution in [0.3, 0.4) is 0 Å². The van der Waals surface area contributed by atoms with Crippen LogP contribution >= 0.6 is 0 Å². The third-order valence-corrected chi connectivity index (χ3v) is 14.3. The first kappa shape index (κ1) is 60.8. The Hall–Kier alpha value is -6.01. The fourth-order valence-electron chi connectivity index (χ4n) is 7.28. The minimum absolute atomic E-state index is 0. The molecule has 2 amide bonds. The zero-order valence-electron chi connectivity index (χ0n) is 40.0. The summed E-state index contributed by atoms with van der Waals surface area (Å²) in [5, 5.41) is 61.7. The van der Waals surface area contributed by atoms with Crippen molar-refractivity contribution in [1.82, 2.24) is 4.90 Å². The van der Waals surface area contributed by atoms with Gasteiger partial charge in [0.25, 0.3) is 40.5 Å². The normalized spacial score (nSPS) is 12.2. The molecule has 0 radical (unpaired) electrons.